The molecule has 0 unspecified atom stereocenters. The molecule has 0 atom stereocenters. The lowest BCUT2D eigenvalue weighted by molar-refractivity contribution is 0.174. The fourth-order valence-corrected chi connectivity index (χ4v) is 3.42. The van der Waals surface area contributed by atoms with Crippen LogP contribution >= 0.6 is 0 Å². The summed E-state index contributed by atoms with van der Waals surface area (Å²) in [5, 5.41) is 12.6. The first kappa shape index (κ1) is 16.6. The minimum Gasteiger partial charge on any atom is -0.497 e. The summed E-state index contributed by atoms with van der Waals surface area (Å²) in [7, 11) is 3.27. The van der Waals surface area contributed by atoms with E-state index in [1.165, 1.54) is 0 Å². The minimum atomic E-state index is 0.343. The van der Waals surface area contributed by atoms with Crippen LogP contribution in [0.3, 0.4) is 0 Å². The molecule has 0 saturated carbocycles. The second-order valence-corrected chi connectivity index (χ2v) is 6.40. The highest BCUT2D eigenvalue weighted by Gasteiger charge is 2.28. The summed E-state index contributed by atoms with van der Waals surface area (Å²) < 4.78 is 20.1. The van der Waals surface area contributed by atoms with Crippen molar-refractivity contribution in [3.63, 3.8) is 0 Å². The fourth-order valence-electron chi connectivity index (χ4n) is 3.42. The molecule has 0 amide bonds. The van der Waals surface area contributed by atoms with E-state index in [4.69, 9.17) is 14.0 Å². The molecule has 1 aliphatic rings. The van der Waals surface area contributed by atoms with Crippen LogP contribution in [0.5, 0.6) is 5.75 Å². The molecule has 0 N–H and O–H groups in total. The molecule has 4 heterocycles. The van der Waals surface area contributed by atoms with E-state index in [0.29, 0.717) is 36.4 Å². The van der Waals surface area contributed by atoms with Gasteiger partial charge < -0.3 is 18.6 Å². The topological polar surface area (TPSA) is 106 Å². The summed E-state index contributed by atoms with van der Waals surface area (Å²) in [6.45, 7) is 2.60. The quantitative estimate of drug-likeness (QED) is 0.467. The first-order valence-corrected chi connectivity index (χ1v) is 8.66. The summed E-state index contributed by atoms with van der Waals surface area (Å²) in [5.74, 6) is 3.12. The van der Waals surface area contributed by atoms with Crippen LogP contribution in [-0.4, -0.2) is 48.7 Å². The summed E-state index contributed by atoms with van der Waals surface area (Å²) >= 11 is 0. The number of imidazole rings is 1. The fraction of sp³-hybridized carbons (Fsp3) is 0.278. The molecular weight excluding hydrogens is 362 g/mol. The van der Waals surface area contributed by atoms with E-state index in [2.05, 4.69) is 25.3 Å². The predicted molar refractivity (Wildman–Crippen MR) is 97.0 cm³/mol. The number of nitrogens with zero attached hydrogens (tertiary/aromatic N) is 7. The first-order chi connectivity index (χ1) is 13.7. The normalized spacial score (nSPS) is 12.2. The Morgan fingerprint density at radius 1 is 1.21 bits per heavy atom. The van der Waals surface area contributed by atoms with E-state index in [1.54, 1.807) is 27.5 Å². The maximum atomic E-state index is 5.42. The van der Waals surface area contributed by atoms with Crippen LogP contribution in [0.2, 0.25) is 0 Å². The van der Waals surface area contributed by atoms with Gasteiger partial charge in [0.1, 0.15) is 18.7 Å². The van der Waals surface area contributed by atoms with Gasteiger partial charge in [-0.3, -0.25) is 4.57 Å². The summed E-state index contributed by atoms with van der Waals surface area (Å²) in [6, 6.07) is 5.82. The number of hydrogen-bond acceptors (Lipinski definition) is 8. The van der Waals surface area contributed by atoms with Gasteiger partial charge in [0, 0.05) is 12.7 Å². The molecule has 0 radical (unpaired) electrons. The second-order valence-electron chi connectivity index (χ2n) is 6.40. The van der Waals surface area contributed by atoms with E-state index in [-0.39, 0.29) is 0 Å². The molecule has 0 spiro atoms. The molecule has 1 aromatic carbocycles. The van der Waals surface area contributed by atoms with Gasteiger partial charge in [-0.15, -0.1) is 10.2 Å². The molecule has 3 aromatic heterocycles. The van der Waals surface area contributed by atoms with Crippen molar-refractivity contribution in [1.82, 2.24) is 34.5 Å². The van der Waals surface area contributed by atoms with E-state index in [0.717, 1.165) is 28.5 Å². The number of methoxy groups -OCH3 is 2. The number of aromatic nitrogens is 7. The molecule has 0 bridgehead atoms. The lowest BCUT2D eigenvalue weighted by Gasteiger charge is -2.10. The van der Waals surface area contributed by atoms with Crippen LogP contribution < -0.4 is 4.74 Å². The van der Waals surface area contributed by atoms with Crippen molar-refractivity contribution in [3.05, 3.63) is 41.9 Å². The molecule has 1 aliphatic heterocycles. The smallest absolute Gasteiger partial charge is 0.278 e. The summed E-state index contributed by atoms with van der Waals surface area (Å²) in [6.07, 6.45) is 1.76. The van der Waals surface area contributed by atoms with Gasteiger partial charge in [-0.25, -0.2) is 4.98 Å². The van der Waals surface area contributed by atoms with Crippen molar-refractivity contribution in [2.45, 2.75) is 20.1 Å². The van der Waals surface area contributed by atoms with E-state index >= 15 is 0 Å². The predicted octanol–water partition coefficient (Wildman–Crippen LogP) is 2.01. The second kappa shape index (κ2) is 6.27. The average Bonchev–Trinajstić information content (AvgIpc) is 3.40. The maximum absolute atomic E-state index is 5.42. The molecule has 10 heteroatoms. The summed E-state index contributed by atoms with van der Waals surface area (Å²) in [4.78, 5) is 8.89. The molecule has 5 rings (SSSR count). The Morgan fingerprint density at radius 3 is 2.86 bits per heavy atom. The third-order valence-electron chi connectivity index (χ3n) is 4.71. The molecule has 10 nitrogen and oxygen atoms in total. The van der Waals surface area contributed by atoms with Crippen molar-refractivity contribution in [2.75, 3.05) is 14.2 Å². The van der Waals surface area contributed by atoms with Crippen LogP contribution in [0, 0.1) is 6.92 Å². The molecule has 4 aromatic rings. The Kier molecular flexibility index (Phi) is 3.72. The van der Waals surface area contributed by atoms with Crippen molar-refractivity contribution in [2.24, 2.45) is 0 Å². The van der Waals surface area contributed by atoms with Gasteiger partial charge in [-0.1, -0.05) is 5.16 Å². The van der Waals surface area contributed by atoms with Crippen LogP contribution in [0.4, 0.5) is 0 Å². The third kappa shape index (κ3) is 2.42. The number of rotatable bonds is 4. The number of aryl methyl sites for hydroxylation is 1. The Balaban J connectivity index is 1.78. The van der Waals surface area contributed by atoms with Gasteiger partial charge in [-0.2, -0.15) is 4.98 Å². The standard InChI is InChI=1S/C18H17N7O3/c1-10-20-18(28-23-10)16-14-7-24-15(8-26-2)21-22-17(24)12-6-11(27-3)4-5-13(12)25(14)9-19-16/h4-6,9H,7-8H2,1-3H3. The van der Waals surface area contributed by atoms with Gasteiger partial charge in [-0.05, 0) is 25.1 Å². The Morgan fingerprint density at radius 2 is 2.11 bits per heavy atom. The first-order valence-electron chi connectivity index (χ1n) is 8.66. The van der Waals surface area contributed by atoms with Crippen molar-refractivity contribution >= 4 is 0 Å². The Bertz CT molecular complexity index is 1170. The number of benzene rings is 1. The minimum absolute atomic E-state index is 0.343. The molecule has 0 aliphatic carbocycles. The number of hydrogen-bond donors (Lipinski definition) is 0. The lowest BCUT2D eigenvalue weighted by atomic mass is 10.1. The van der Waals surface area contributed by atoms with E-state index < -0.39 is 0 Å². The monoisotopic (exact) mass is 379 g/mol. The molecular formula is C18H17N7O3. The van der Waals surface area contributed by atoms with Crippen LogP contribution in [0.25, 0.3) is 28.7 Å². The number of ether oxygens (including phenoxy) is 2. The van der Waals surface area contributed by atoms with Crippen LogP contribution in [0.1, 0.15) is 17.3 Å². The molecule has 28 heavy (non-hydrogen) atoms. The highest BCUT2D eigenvalue weighted by atomic mass is 16.5. The van der Waals surface area contributed by atoms with Gasteiger partial charge in [0.25, 0.3) is 5.89 Å². The van der Waals surface area contributed by atoms with Crippen molar-refractivity contribution in [1.29, 1.82) is 0 Å². The third-order valence-corrected chi connectivity index (χ3v) is 4.71. The van der Waals surface area contributed by atoms with Gasteiger partial charge in [0.15, 0.2) is 23.2 Å². The molecule has 142 valence electrons. The Labute approximate surface area is 159 Å². The van der Waals surface area contributed by atoms with Crippen molar-refractivity contribution < 1.29 is 14.0 Å². The van der Waals surface area contributed by atoms with E-state index in [1.807, 2.05) is 27.3 Å². The molecule has 0 saturated heterocycles. The van der Waals surface area contributed by atoms with Crippen molar-refractivity contribution in [3.8, 4) is 34.4 Å². The van der Waals surface area contributed by atoms with Gasteiger partial charge in [0.05, 0.1) is 25.0 Å². The molecule has 0 fully saturated rings. The van der Waals surface area contributed by atoms with Crippen LogP contribution in [-0.2, 0) is 17.9 Å². The zero-order chi connectivity index (χ0) is 19.3. The highest BCUT2D eigenvalue weighted by molar-refractivity contribution is 5.72. The summed E-state index contributed by atoms with van der Waals surface area (Å²) in [5.41, 5.74) is 3.33. The number of fused-ring (bicyclic) bond motifs is 5. The van der Waals surface area contributed by atoms with Gasteiger partial charge in [0.2, 0.25) is 0 Å². The largest absolute Gasteiger partial charge is 0.497 e. The zero-order valence-electron chi connectivity index (χ0n) is 15.6. The maximum Gasteiger partial charge on any atom is 0.278 e. The lowest BCUT2D eigenvalue weighted by Crippen LogP contribution is -2.09. The van der Waals surface area contributed by atoms with E-state index in [9.17, 15) is 0 Å². The Hall–Kier alpha value is -3.53. The highest BCUT2D eigenvalue weighted by Crippen LogP contribution is 2.36. The van der Waals surface area contributed by atoms with Gasteiger partial charge >= 0.3 is 0 Å². The SMILES string of the molecule is COCc1nnc2n1Cc1c(-c3nc(C)no3)ncn1-c1ccc(OC)cc1-2. The average molecular weight is 379 g/mol. The van der Waals surface area contributed by atoms with Crippen LogP contribution in [0.15, 0.2) is 29.0 Å². The zero-order valence-corrected chi connectivity index (χ0v) is 15.6.